The van der Waals surface area contributed by atoms with Gasteiger partial charge in [0.2, 0.25) is 5.95 Å². The van der Waals surface area contributed by atoms with Gasteiger partial charge >= 0.3 is 0 Å². The van der Waals surface area contributed by atoms with Crippen LogP contribution in [0, 0.1) is 5.92 Å². The second-order valence-electron chi connectivity index (χ2n) is 15.0. The Hall–Kier alpha value is -7.37. The minimum atomic E-state index is 0.399. The first-order chi connectivity index (χ1) is 28.2. The van der Waals surface area contributed by atoms with Gasteiger partial charge in [0, 0.05) is 32.8 Å². The van der Waals surface area contributed by atoms with Crippen molar-refractivity contribution in [1.29, 1.82) is 0 Å². The average molecular weight is 732 g/mol. The van der Waals surface area contributed by atoms with Gasteiger partial charge in [-0.1, -0.05) is 140 Å². The molecule has 0 radical (unpaired) electrons. The van der Waals surface area contributed by atoms with Crippen molar-refractivity contribution in [2.24, 2.45) is 5.92 Å². The first-order valence-electron chi connectivity index (χ1n) is 19.6. The van der Waals surface area contributed by atoms with Gasteiger partial charge in [0.05, 0.1) is 22.1 Å². The molecule has 0 amide bonds. The van der Waals surface area contributed by atoms with E-state index in [1.54, 1.807) is 0 Å². The maximum absolute atomic E-state index is 5.26. The van der Waals surface area contributed by atoms with Crippen LogP contribution in [0.4, 0.5) is 0 Å². The summed E-state index contributed by atoms with van der Waals surface area (Å²) < 4.78 is 4.57. The molecule has 1 aliphatic carbocycles. The zero-order chi connectivity index (χ0) is 37.9. The third-order valence-electron chi connectivity index (χ3n) is 11.3. The lowest BCUT2D eigenvalue weighted by atomic mass is 9.95. The van der Waals surface area contributed by atoms with Crippen LogP contribution in [0.5, 0.6) is 0 Å². The van der Waals surface area contributed by atoms with Gasteiger partial charge in [-0.05, 0) is 94.8 Å². The van der Waals surface area contributed by atoms with Gasteiger partial charge in [0.25, 0.3) is 0 Å². The molecule has 270 valence electrons. The number of para-hydroxylation sites is 3. The third-order valence-corrected chi connectivity index (χ3v) is 11.3. The van der Waals surface area contributed by atoms with Crippen LogP contribution in [0.3, 0.4) is 0 Å². The van der Waals surface area contributed by atoms with Crippen molar-refractivity contribution in [1.82, 2.24) is 24.1 Å². The van der Waals surface area contributed by atoms with E-state index in [0.29, 0.717) is 23.5 Å². The molecule has 0 saturated carbocycles. The summed E-state index contributed by atoms with van der Waals surface area (Å²) >= 11 is 0. The van der Waals surface area contributed by atoms with E-state index >= 15 is 0 Å². The summed E-state index contributed by atoms with van der Waals surface area (Å²) in [5, 5.41) is 4.78. The molecule has 0 N–H and O–H groups in total. The Morgan fingerprint density at radius 2 is 0.982 bits per heavy atom. The lowest BCUT2D eigenvalue weighted by Crippen LogP contribution is -2.09. The van der Waals surface area contributed by atoms with E-state index in [4.69, 9.17) is 15.0 Å². The Morgan fingerprint density at radius 3 is 1.68 bits per heavy atom. The quantitative estimate of drug-likeness (QED) is 0.171. The zero-order valence-corrected chi connectivity index (χ0v) is 31.4. The van der Waals surface area contributed by atoms with E-state index in [9.17, 15) is 0 Å². The Bertz CT molecular complexity index is 3220. The molecular formula is C52H37N5. The molecule has 1 aliphatic rings. The first kappa shape index (κ1) is 33.0. The van der Waals surface area contributed by atoms with Crippen molar-refractivity contribution in [3.63, 3.8) is 0 Å². The van der Waals surface area contributed by atoms with Crippen molar-refractivity contribution >= 4 is 49.2 Å². The second-order valence-corrected chi connectivity index (χ2v) is 15.0. The number of benzene rings is 7. The molecule has 7 aromatic carbocycles. The topological polar surface area (TPSA) is 48.5 Å². The highest BCUT2D eigenvalue weighted by Crippen LogP contribution is 2.38. The SMILES string of the molecule is CC1C=CC=C(c2nc(-c3cccc(-c4ccccc4)c3)nc(-n3c4ccccc4c4cc(-c5ccc6c(c5)c5ccccc5n6-c5ccccc5)ccc43)n2)C1. The lowest BCUT2D eigenvalue weighted by Gasteiger charge is -2.16. The standard InChI is InChI=1S/C52H37N5/c1-34-14-12-18-39(30-34)50-53-51(40-19-13-17-36(31-40)35-15-4-2-5-16-35)55-52(54-50)57-47-25-11-9-23-43(47)45-33-38(27-29-49(45)57)37-26-28-48-44(32-37)42-22-8-10-24-46(42)56(48)41-20-6-3-7-21-41/h2-29,31-34H,30H2,1H3. The van der Waals surface area contributed by atoms with E-state index in [2.05, 4.69) is 198 Å². The van der Waals surface area contributed by atoms with Crippen LogP contribution in [-0.4, -0.2) is 24.1 Å². The normalized spacial score (nSPS) is 14.2. The van der Waals surface area contributed by atoms with Gasteiger partial charge in [0.15, 0.2) is 11.6 Å². The third kappa shape index (κ3) is 5.66. The van der Waals surface area contributed by atoms with Gasteiger partial charge in [-0.2, -0.15) is 9.97 Å². The molecule has 0 bridgehead atoms. The first-order valence-corrected chi connectivity index (χ1v) is 19.6. The van der Waals surface area contributed by atoms with Crippen LogP contribution in [0.2, 0.25) is 0 Å². The molecule has 10 aromatic rings. The summed E-state index contributed by atoms with van der Waals surface area (Å²) in [5.74, 6) is 2.37. The Labute approximate surface area is 330 Å². The molecule has 5 heteroatoms. The van der Waals surface area contributed by atoms with E-state index in [0.717, 1.165) is 61.7 Å². The predicted octanol–water partition coefficient (Wildman–Crippen LogP) is 13.0. The van der Waals surface area contributed by atoms with Gasteiger partial charge in [-0.25, -0.2) is 4.98 Å². The Morgan fingerprint density at radius 1 is 0.439 bits per heavy atom. The number of nitrogens with zero attached hydrogens (tertiary/aromatic N) is 5. The summed E-state index contributed by atoms with van der Waals surface area (Å²) in [7, 11) is 0. The predicted molar refractivity (Wildman–Crippen MR) is 236 cm³/mol. The molecular weight excluding hydrogens is 695 g/mol. The molecule has 3 heterocycles. The molecule has 3 aromatic heterocycles. The zero-order valence-electron chi connectivity index (χ0n) is 31.4. The highest BCUT2D eigenvalue weighted by atomic mass is 15.2. The number of allylic oxidation sites excluding steroid dienone is 4. The molecule has 1 atom stereocenters. The molecule has 0 fully saturated rings. The van der Waals surface area contributed by atoms with Crippen molar-refractivity contribution in [2.45, 2.75) is 13.3 Å². The molecule has 0 spiro atoms. The fourth-order valence-corrected chi connectivity index (χ4v) is 8.59. The van der Waals surface area contributed by atoms with Crippen molar-refractivity contribution < 1.29 is 0 Å². The summed E-state index contributed by atoms with van der Waals surface area (Å²) in [4.78, 5) is 15.7. The largest absolute Gasteiger partial charge is 0.309 e. The number of rotatable bonds is 6. The Balaban J connectivity index is 1.09. The van der Waals surface area contributed by atoms with E-state index in [1.807, 2.05) is 6.07 Å². The van der Waals surface area contributed by atoms with Gasteiger partial charge < -0.3 is 4.57 Å². The highest BCUT2D eigenvalue weighted by Gasteiger charge is 2.21. The summed E-state index contributed by atoms with van der Waals surface area (Å²) in [6.07, 6.45) is 7.38. The fraction of sp³-hybridized carbons (Fsp3) is 0.0577. The van der Waals surface area contributed by atoms with Crippen LogP contribution in [0.25, 0.3) is 94.5 Å². The highest BCUT2D eigenvalue weighted by molar-refractivity contribution is 6.12. The molecule has 57 heavy (non-hydrogen) atoms. The summed E-state index contributed by atoms with van der Waals surface area (Å²) in [6.45, 7) is 2.24. The summed E-state index contributed by atoms with van der Waals surface area (Å²) in [6, 6.07) is 60.5. The van der Waals surface area contributed by atoms with Crippen LogP contribution >= 0.6 is 0 Å². The maximum Gasteiger partial charge on any atom is 0.238 e. The van der Waals surface area contributed by atoms with E-state index in [-0.39, 0.29) is 0 Å². The summed E-state index contributed by atoms with van der Waals surface area (Å²) in [5.41, 5.74) is 12.3. The molecule has 11 rings (SSSR count). The van der Waals surface area contributed by atoms with Crippen LogP contribution in [0.15, 0.2) is 188 Å². The smallest absolute Gasteiger partial charge is 0.238 e. The number of aromatic nitrogens is 5. The van der Waals surface area contributed by atoms with Crippen molar-refractivity contribution in [2.75, 3.05) is 0 Å². The van der Waals surface area contributed by atoms with Crippen LogP contribution < -0.4 is 0 Å². The molecule has 5 nitrogen and oxygen atoms in total. The monoisotopic (exact) mass is 731 g/mol. The molecule has 0 aliphatic heterocycles. The van der Waals surface area contributed by atoms with Gasteiger partial charge in [-0.15, -0.1) is 0 Å². The van der Waals surface area contributed by atoms with Crippen LogP contribution in [0.1, 0.15) is 19.2 Å². The van der Waals surface area contributed by atoms with E-state index < -0.39 is 0 Å². The molecule has 0 saturated heterocycles. The minimum Gasteiger partial charge on any atom is -0.309 e. The average Bonchev–Trinajstić information content (AvgIpc) is 3.79. The maximum atomic E-state index is 5.26. The van der Waals surface area contributed by atoms with Gasteiger partial charge in [0.1, 0.15) is 0 Å². The number of hydrogen-bond acceptors (Lipinski definition) is 3. The van der Waals surface area contributed by atoms with Crippen molar-refractivity contribution in [3.05, 3.63) is 194 Å². The number of hydrogen-bond donors (Lipinski definition) is 0. The fourth-order valence-electron chi connectivity index (χ4n) is 8.59. The number of fused-ring (bicyclic) bond motifs is 6. The Kier molecular flexibility index (Phi) is 7.78. The second kappa shape index (κ2) is 13.4. The van der Waals surface area contributed by atoms with Crippen molar-refractivity contribution in [3.8, 4) is 45.3 Å². The molecule has 1 unspecified atom stereocenters. The van der Waals surface area contributed by atoms with Gasteiger partial charge in [-0.3, -0.25) is 4.57 Å². The van der Waals surface area contributed by atoms with Crippen LogP contribution in [-0.2, 0) is 0 Å². The minimum absolute atomic E-state index is 0.399. The lowest BCUT2D eigenvalue weighted by molar-refractivity contribution is 0.741. The van der Waals surface area contributed by atoms with E-state index in [1.165, 1.54) is 27.4 Å².